The van der Waals surface area contributed by atoms with Crippen molar-refractivity contribution in [2.75, 3.05) is 32.3 Å². The van der Waals surface area contributed by atoms with Gasteiger partial charge < -0.3 is 15.2 Å². The molecule has 0 aliphatic carbocycles. The quantitative estimate of drug-likeness (QED) is 0.582. The molecule has 0 spiro atoms. The standard InChI is InChI=1S/C8H19NO4S/c1-7(6-14(3,11)12)9-4-8(10)5-13-2/h7-10H,4-6H2,1-3H3. The Hall–Kier alpha value is -0.170. The minimum Gasteiger partial charge on any atom is -0.389 e. The van der Waals surface area contributed by atoms with Crippen molar-refractivity contribution in [3.63, 3.8) is 0 Å². The number of nitrogens with one attached hydrogen (secondary N) is 1. The van der Waals surface area contributed by atoms with Gasteiger partial charge in [0, 0.05) is 26.0 Å². The van der Waals surface area contributed by atoms with Crippen molar-refractivity contribution in [1.29, 1.82) is 0 Å². The van der Waals surface area contributed by atoms with Crippen LogP contribution in [0.25, 0.3) is 0 Å². The van der Waals surface area contributed by atoms with Gasteiger partial charge in [0.25, 0.3) is 0 Å². The van der Waals surface area contributed by atoms with Crippen LogP contribution in [-0.4, -0.2) is 57.9 Å². The molecule has 6 heteroatoms. The van der Waals surface area contributed by atoms with Gasteiger partial charge in [-0.2, -0.15) is 0 Å². The minimum absolute atomic E-state index is 0.0761. The van der Waals surface area contributed by atoms with E-state index in [9.17, 15) is 13.5 Å². The zero-order valence-electron chi connectivity index (χ0n) is 8.86. The van der Waals surface area contributed by atoms with Crippen molar-refractivity contribution in [2.45, 2.75) is 19.1 Å². The summed E-state index contributed by atoms with van der Waals surface area (Å²) in [5.74, 6) is 0.0761. The van der Waals surface area contributed by atoms with Gasteiger partial charge in [-0.1, -0.05) is 0 Å². The Kier molecular flexibility index (Phi) is 6.26. The summed E-state index contributed by atoms with van der Waals surface area (Å²) in [7, 11) is -1.46. The molecule has 5 nitrogen and oxygen atoms in total. The average Bonchev–Trinajstić information content (AvgIpc) is 1.98. The van der Waals surface area contributed by atoms with Gasteiger partial charge >= 0.3 is 0 Å². The minimum atomic E-state index is -2.96. The van der Waals surface area contributed by atoms with Crippen LogP contribution in [0.1, 0.15) is 6.92 Å². The summed E-state index contributed by atoms with van der Waals surface area (Å²) in [5, 5.41) is 12.2. The molecule has 0 aromatic rings. The Balaban J connectivity index is 3.69. The van der Waals surface area contributed by atoms with Crippen LogP contribution in [0.4, 0.5) is 0 Å². The molecule has 2 N–H and O–H groups in total. The predicted molar refractivity (Wildman–Crippen MR) is 55.1 cm³/mol. The van der Waals surface area contributed by atoms with E-state index in [-0.39, 0.29) is 18.4 Å². The summed E-state index contributed by atoms with van der Waals surface area (Å²) in [4.78, 5) is 0. The molecular formula is C8H19NO4S. The van der Waals surface area contributed by atoms with Crippen LogP contribution in [0.15, 0.2) is 0 Å². The van der Waals surface area contributed by atoms with Crippen molar-refractivity contribution in [3.8, 4) is 0 Å². The van der Waals surface area contributed by atoms with E-state index in [0.29, 0.717) is 6.54 Å². The number of aliphatic hydroxyl groups is 1. The Morgan fingerprint density at radius 1 is 1.50 bits per heavy atom. The van der Waals surface area contributed by atoms with E-state index >= 15 is 0 Å². The highest BCUT2D eigenvalue weighted by molar-refractivity contribution is 7.90. The lowest BCUT2D eigenvalue weighted by Crippen LogP contribution is -2.39. The Labute approximate surface area is 85.4 Å². The van der Waals surface area contributed by atoms with Gasteiger partial charge in [0.05, 0.1) is 18.5 Å². The zero-order chi connectivity index (χ0) is 11.2. The van der Waals surface area contributed by atoms with Gasteiger partial charge in [0.2, 0.25) is 0 Å². The molecule has 2 atom stereocenters. The summed E-state index contributed by atoms with van der Waals surface area (Å²) in [6.07, 6.45) is 0.596. The highest BCUT2D eigenvalue weighted by Crippen LogP contribution is 1.91. The van der Waals surface area contributed by atoms with Gasteiger partial charge in [0.1, 0.15) is 9.84 Å². The highest BCUT2D eigenvalue weighted by Gasteiger charge is 2.11. The molecule has 2 unspecified atom stereocenters. The monoisotopic (exact) mass is 225 g/mol. The first-order valence-corrected chi connectivity index (χ1v) is 6.49. The van der Waals surface area contributed by atoms with Crippen molar-refractivity contribution >= 4 is 9.84 Å². The summed E-state index contributed by atoms with van der Waals surface area (Å²) in [6.45, 7) is 2.35. The smallest absolute Gasteiger partial charge is 0.148 e. The van der Waals surface area contributed by atoms with Crippen LogP contribution in [0.2, 0.25) is 0 Å². The molecular weight excluding hydrogens is 206 g/mol. The molecule has 0 rings (SSSR count). The lowest BCUT2D eigenvalue weighted by molar-refractivity contribution is 0.0634. The van der Waals surface area contributed by atoms with Gasteiger partial charge in [-0.15, -0.1) is 0 Å². The van der Waals surface area contributed by atoms with E-state index in [1.807, 2.05) is 0 Å². The number of aliphatic hydroxyl groups excluding tert-OH is 1. The number of methoxy groups -OCH3 is 1. The number of hydrogen-bond donors (Lipinski definition) is 2. The fourth-order valence-electron chi connectivity index (χ4n) is 1.10. The molecule has 0 radical (unpaired) electrons. The van der Waals surface area contributed by atoms with E-state index in [2.05, 4.69) is 5.32 Å². The fourth-order valence-corrected chi connectivity index (χ4v) is 2.13. The van der Waals surface area contributed by atoms with Crippen molar-refractivity contribution < 1.29 is 18.3 Å². The Morgan fingerprint density at radius 3 is 2.50 bits per heavy atom. The van der Waals surface area contributed by atoms with Gasteiger partial charge in [-0.3, -0.25) is 0 Å². The maximum atomic E-state index is 10.9. The summed E-state index contributed by atoms with van der Waals surface area (Å²) in [6, 6.07) is -0.156. The van der Waals surface area contributed by atoms with E-state index < -0.39 is 15.9 Å². The summed E-state index contributed by atoms with van der Waals surface area (Å²) < 4.78 is 26.5. The van der Waals surface area contributed by atoms with Crippen LogP contribution in [0.3, 0.4) is 0 Å². The van der Waals surface area contributed by atoms with Crippen LogP contribution in [0.5, 0.6) is 0 Å². The lowest BCUT2D eigenvalue weighted by atomic mass is 10.3. The van der Waals surface area contributed by atoms with Gasteiger partial charge in [-0.25, -0.2) is 8.42 Å². The fraction of sp³-hybridized carbons (Fsp3) is 1.00. The number of ether oxygens (including phenoxy) is 1. The molecule has 86 valence electrons. The molecule has 0 fully saturated rings. The molecule has 0 aliphatic rings. The second kappa shape index (κ2) is 6.34. The van der Waals surface area contributed by atoms with Crippen LogP contribution >= 0.6 is 0 Å². The Morgan fingerprint density at radius 2 is 2.07 bits per heavy atom. The third-order valence-corrected chi connectivity index (χ3v) is 2.72. The first-order chi connectivity index (χ1) is 6.35. The third-order valence-electron chi connectivity index (χ3n) is 1.61. The molecule has 0 aromatic heterocycles. The molecule has 0 saturated heterocycles. The van der Waals surface area contributed by atoms with Crippen molar-refractivity contribution in [2.24, 2.45) is 0 Å². The van der Waals surface area contributed by atoms with E-state index in [4.69, 9.17) is 4.74 Å². The second-order valence-corrected chi connectivity index (χ2v) is 5.70. The highest BCUT2D eigenvalue weighted by atomic mass is 32.2. The van der Waals surface area contributed by atoms with Crippen molar-refractivity contribution in [1.82, 2.24) is 5.32 Å². The molecule has 0 heterocycles. The van der Waals surface area contributed by atoms with Crippen LogP contribution in [-0.2, 0) is 14.6 Å². The molecule has 14 heavy (non-hydrogen) atoms. The molecule has 0 amide bonds. The number of hydrogen-bond acceptors (Lipinski definition) is 5. The molecule has 0 bridgehead atoms. The number of rotatable bonds is 7. The van der Waals surface area contributed by atoms with Crippen molar-refractivity contribution in [3.05, 3.63) is 0 Å². The molecule has 0 aliphatic heterocycles. The summed E-state index contributed by atoms with van der Waals surface area (Å²) >= 11 is 0. The zero-order valence-corrected chi connectivity index (χ0v) is 9.67. The lowest BCUT2D eigenvalue weighted by Gasteiger charge is -2.15. The molecule has 0 saturated carbocycles. The third kappa shape index (κ3) is 8.43. The van der Waals surface area contributed by atoms with Gasteiger partial charge in [0.15, 0.2) is 0 Å². The first kappa shape index (κ1) is 13.8. The van der Waals surface area contributed by atoms with E-state index in [1.165, 1.54) is 13.4 Å². The normalized spacial score (nSPS) is 16.6. The SMILES string of the molecule is COCC(O)CNC(C)CS(C)(=O)=O. The first-order valence-electron chi connectivity index (χ1n) is 4.43. The summed E-state index contributed by atoms with van der Waals surface area (Å²) in [5.41, 5.74) is 0. The topological polar surface area (TPSA) is 75.6 Å². The maximum Gasteiger partial charge on any atom is 0.148 e. The molecule has 0 aromatic carbocycles. The largest absolute Gasteiger partial charge is 0.389 e. The second-order valence-electron chi connectivity index (χ2n) is 3.51. The van der Waals surface area contributed by atoms with E-state index in [0.717, 1.165) is 0 Å². The van der Waals surface area contributed by atoms with Gasteiger partial charge in [-0.05, 0) is 6.92 Å². The van der Waals surface area contributed by atoms with E-state index in [1.54, 1.807) is 6.92 Å². The van der Waals surface area contributed by atoms with Crippen LogP contribution in [0, 0.1) is 0 Å². The predicted octanol–water partition coefficient (Wildman–Crippen LogP) is -0.984. The Bertz CT molecular complexity index is 240. The average molecular weight is 225 g/mol. The maximum absolute atomic E-state index is 10.9. The van der Waals surface area contributed by atoms with Crippen LogP contribution < -0.4 is 5.32 Å². The number of sulfone groups is 1.